The molecule has 2 aromatic rings. The Morgan fingerprint density at radius 3 is 2.42 bits per heavy atom. The number of para-hydroxylation sites is 1. The van der Waals surface area contributed by atoms with Gasteiger partial charge in [-0.1, -0.05) is 18.2 Å². The third-order valence-electron chi connectivity index (χ3n) is 5.99. The second-order valence-electron chi connectivity index (χ2n) is 8.31. The van der Waals surface area contributed by atoms with Gasteiger partial charge in [-0.15, -0.1) is 0 Å². The van der Waals surface area contributed by atoms with Gasteiger partial charge in [0.15, 0.2) is 11.5 Å². The van der Waals surface area contributed by atoms with Crippen LogP contribution in [-0.4, -0.2) is 51.1 Å². The molecule has 7 heteroatoms. The Labute approximate surface area is 182 Å². The van der Waals surface area contributed by atoms with E-state index >= 15 is 0 Å². The zero-order valence-electron chi connectivity index (χ0n) is 18.2. The van der Waals surface area contributed by atoms with Crippen molar-refractivity contribution in [3.63, 3.8) is 0 Å². The molecule has 2 amide bonds. The molecule has 1 heterocycles. The van der Waals surface area contributed by atoms with Crippen LogP contribution in [0.4, 0.5) is 11.4 Å². The van der Waals surface area contributed by atoms with Crippen LogP contribution in [0.5, 0.6) is 11.5 Å². The number of nitrogens with zero attached hydrogens (tertiary/aromatic N) is 1. The van der Waals surface area contributed by atoms with E-state index in [9.17, 15) is 9.59 Å². The standard InChI is InChI=1S/C24H29N3O4/c1-27-11-10-16(14-27)23(28)26-20-12-17(13-21(30-2)22(20)31-3)24(29)25-19-7-5-4-6-18(19)15-8-9-15/h4-7,12-13,15-16H,8-11,14H2,1-3H3,(H,25,29)(H,26,28). The van der Waals surface area contributed by atoms with E-state index in [1.807, 2.05) is 25.2 Å². The smallest absolute Gasteiger partial charge is 0.255 e. The molecule has 0 bridgehead atoms. The summed E-state index contributed by atoms with van der Waals surface area (Å²) in [5, 5.41) is 5.97. The molecule has 2 aromatic carbocycles. The molecule has 164 valence electrons. The Morgan fingerprint density at radius 2 is 1.77 bits per heavy atom. The molecule has 1 aliphatic carbocycles. The predicted octanol–water partition coefficient (Wildman–Crippen LogP) is 3.72. The number of rotatable bonds is 7. The lowest BCUT2D eigenvalue weighted by Gasteiger charge is -2.18. The van der Waals surface area contributed by atoms with Gasteiger partial charge in [0.05, 0.1) is 25.8 Å². The lowest BCUT2D eigenvalue weighted by molar-refractivity contribution is -0.119. The third kappa shape index (κ3) is 4.66. The Morgan fingerprint density at radius 1 is 1.00 bits per heavy atom. The maximum atomic E-state index is 13.1. The second-order valence-corrected chi connectivity index (χ2v) is 8.31. The summed E-state index contributed by atoms with van der Waals surface area (Å²) >= 11 is 0. The summed E-state index contributed by atoms with van der Waals surface area (Å²) in [6.45, 7) is 1.60. The van der Waals surface area contributed by atoms with E-state index in [0.29, 0.717) is 35.2 Å². The zero-order chi connectivity index (χ0) is 22.0. The van der Waals surface area contributed by atoms with Crippen LogP contribution in [0.25, 0.3) is 0 Å². The second kappa shape index (κ2) is 8.98. The van der Waals surface area contributed by atoms with Crippen molar-refractivity contribution in [2.24, 2.45) is 5.92 Å². The van der Waals surface area contributed by atoms with Crippen molar-refractivity contribution in [2.75, 3.05) is 45.0 Å². The fourth-order valence-electron chi connectivity index (χ4n) is 4.13. The first-order valence-electron chi connectivity index (χ1n) is 10.7. The average Bonchev–Trinajstić information content (AvgIpc) is 3.53. The highest BCUT2D eigenvalue weighted by Crippen LogP contribution is 2.43. The molecule has 0 spiro atoms. The molecule has 4 rings (SSSR count). The monoisotopic (exact) mass is 423 g/mol. The lowest BCUT2D eigenvalue weighted by Crippen LogP contribution is -2.26. The lowest BCUT2D eigenvalue weighted by atomic mass is 10.1. The number of ether oxygens (including phenoxy) is 2. The van der Waals surface area contributed by atoms with Gasteiger partial charge in [-0.05, 0) is 62.5 Å². The van der Waals surface area contributed by atoms with E-state index in [-0.39, 0.29) is 17.7 Å². The van der Waals surface area contributed by atoms with Gasteiger partial charge in [0.2, 0.25) is 5.91 Å². The number of benzene rings is 2. The van der Waals surface area contributed by atoms with Gasteiger partial charge < -0.3 is 25.0 Å². The first-order chi connectivity index (χ1) is 15.0. The largest absolute Gasteiger partial charge is 0.493 e. The summed E-state index contributed by atoms with van der Waals surface area (Å²) in [7, 11) is 5.03. The van der Waals surface area contributed by atoms with Gasteiger partial charge in [0.25, 0.3) is 5.91 Å². The van der Waals surface area contributed by atoms with Gasteiger partial charge in [-0.2, -0.15) is 0 Å². The van der Waals surface area contributed by atoms with Crippen LogP contribution in [0.15, 0.2) is 36.4 Å². The summed E-state index contributed by atoms with van der Waals surface area (Å²) in [5.41, 5.74) is 2.81. The zero-order valence-corrected chi connectivity index (χ0v) is 18.2. The van der Waals surface area contributed by atoms with Crippen LogP contribution < -0.4 is 20.1 Å². The topological polar surface area (TPSA) is 79.9 Å². The molecule has 1 atom stereocenters. The van der Waals surface area contributed by atoms with E-state index in [2.05, 4.69) is 21.6 Å². The van der Waals surface area contributed by atoms with Gasteiger partial charge in [0.1, 0.15) is 0 Å². The number of hydrogen-bond donors (Lipinski definition) is 2. The third-order valence-corrected chi connectivity index (χ3v) is 5.99. The number of likely N-dealkylation sites (tertiary alicyclic amines) is 1. The number of hydrogen-bond acceptors (Lipinski definition) is 5. The maximum absolute atomic E-state index is 13.1. The summed E-state index contributed by atoms with van der Waals surface area (Å²) in [6, 6.07) is 11.2. The highest BCUT2D eigenvalue weighted by molar-refractivity contribution is 6.07. The van der Waals surface area contributed by atoms with Crippen LogP contribution >= 0.6 is 0 Å². The number of nitrogens with one attached hydrogen (secondary N) is 2. The minimum atomic E-state index is -0.259. The van der Waals surface area contributed by atoms with Crippen molar-refractivity contribution in [3.8, 4) is 11.5 Å². The molecule has 2 N–H and O–H groups in total. The summed E-state index contributed by atoms with van der Waals surface area (Å²) in [6.07, 6.45) is 3.10. The van der Waals surface area contributed by atoms with Crippen molar-refractivity contribution in [2.45, 2.75) is 25.2 Å². The van der Waals surface area contributed by atoms with Crippen molar-refractivity contribution >= 4 is 23.2 Å². The van der Waals surface area contributed by atoms with E-state index < -0.39 is 0 Å². The summed E-state index contributed by atoms with van der Waals surface area (Å²) in [5.74, 6) is 0.873. The Kier molecular flexibility index (Phi) is 6.13. The maximum Gasteiger partial charge on any atom is 0.255 e. The first-order valence-corrected chi connectivity index (χ1v) is 10.7. The molecule has 1 saturated carbocycles. The van der Waals surface area contributed by atoms with E-state index in [1.54, 1.807) is 12.1 Å². The molecule has 31 heavy (non-hydrogen) atoms. The van der Waals surface area contributed by atoms with Crippen LogP contribution in [-0.2, 0) is 4.79 Å². The van der Waals surface area contributed by atoms with Crippen LogP contribution in [0, 0.1) is 5.92 Å². The van der Waals surface area contributed by atoms with Crippen molar-refractivity contribution in [3.05, 3.63) is 47.5 Å². The Bertz CT molecular complexity index is 987. The van der Waals surface area contributed by atoms with Gasteiger partial charge in [-0.3, -0.25) is 9.59 Å². The molecular formula is C24H29N3O4. The minimum absolute atomic E-state index is 0.0821. The Balaban J connectivity index is 1.59. The highest BCUT2D eigenvalue weighted by Gasteiger charge is 2.29. The Hall–Kier alpha value is -3.06. The summed E-state index contributed by atoms with van der Waals surface area (Å²) < 4.78 is 10.9. The van der Waals surface area contributed by atoms with Gasteiger partial charge >= 0.3 is 0 Å². The molecule has 1 aliphatic heterocycles. The van der Waals surface area contributed by atoms with Crippen molar-refractivity contribution in [1.82, 2.24) is 4.90 Å². The number of anilines is 2. The van der Waals surface area contributed by atoms with Gasteiger partial charge in [-0.25, -0.2) is 0 Å². The number of methoxy groups -OCH3 is 2. The van der Waals surface area contributed by atoms with Crippen LogP contribution in [0.2, 0.25) is 0 Å². The van der Waals surface area contributed by atoms with Crippen molar-refractivity contribution < 1.29 is 19.1 Å². The molecule has 7 nitrogen and oxygen atoms in total. The first kappa shape index (κ1) is 21.2. The molecule has 2 aliphatic rings. The molecule has 2 fully saturated rings. The summed E-state index contributed by atoms with van der Waals surface area (Å²) in [4.78, 5) is 28.0. The number of carbonyl (C=O) groups is 2. The quantitative estimate of drug-likeness (QED) is 0.710. The normalized spacial score (nSPS) is 18.5. The van der Waals surface area contributed by atoms with Crippen molar-refractivity contribution in [1.29, 1.82) is 0 Å². The van der Waals surface area contributed by atoms with E-state index in [1.165, 1.54) is 14.2 Å². The molecule has 0 radical (unpaired) electrons. The average molecular weight is 424 g/mol. The fourth-order valence-corrected chi connectivity index (χ4v) is 4.13. The molecule has 1 saturated heterocycles. The van der Waals surface area contributed by atoms with Crippen LogP contribution in [0.3, 0.4) is 0 Å². The number of amides is 2. The number of carbonyl (C=O) groups excluding carboxylic acids is 2. The SMILES string of the molecule is COc1cc(C(=O)Nc2ccccc2C2CC2)cc(NC(=O)C2CCN(C)C2)c1OC. The predicted molar refractivity (Wildman–Crippen MR) is 120 cm³/mol. The van der Waals surface area contributed by atoms with E-state index in [0.717, 1.165) is 37.1 Å². The minimum Gasteiger partial charge on any atom is -0.493 e. The van der Waals surface area contributed by atoms with Crippen LogP contribution in [0.1, 0.15) is 41.1 Å². The fraction of sp³-hybridized carbons (Fsp3) is 0.417. The molecular weight excluding hydrogens is 394 g/mol. The van der Waals surface area contributed by atoms with Gasteiger partial charge in [0, 0.05) is 17.8 Å². The molecule has 1 unspecified atom stereocenters. The molecule has 0 aromatic heterocycles. The highest BCUT2D eigenvalue weighted by atomic mass is 16.5. The van der Waals surface area contributed by atoms with E-state index in [4.69, 9.17) is 9.47 Å².